The molecule has 0 aliphatic rings. The van der Waals surface area contributed by atoms with Gasteiger partial charge in [0.2, 0.25) is 5.88 Å². The van der Waals surface area contributed by atoms with E-state index in [0.29, 0.717) is 67.4 Å². The molecule has 0 bridgehead atoms. The molecule has 36 heavy (non-hydrogen) atoms. The van der Waals surface area contributed by atoms with Crippen LogP contribution in [0.1, 0.15) is 16.1 Å². The van der Waals surface area contributed by atoms with Crippen molar-refractivity contribution in [2.45, 2.75) is 0 Å². The van der Waals surface area contributed by atoms with Crippen LogP contribution in [0.15, 0.2) is 61.1 Å². The molecule has 7 nitrogen and oxygen atoms in total. The summed E-state index contributed by atoms with van der Waals surface area (Å²) in [5, 5.41) is 0.897. The van der Waals surface area contributed by atoms with Crippen molar-refractivity contribution >= 4 is 35.1 Å². The lowest BCUT2D eigenvalue weighted by Crippen LogP contribution is -1.96. The van der Waals surface area contributed by atoms with Crippen molar-refractivity contribution in [1.29, 1.82) is 0 Å². The van der Waals surface area contributed by atoms with Gasteiger partial charge in [-0.3, -0.25) is 9.78 Å². The van der Waals surface area contributed by atoms with Crippen molar-refractivity contribution in [3.8, 4) is 45.3 Å². The summed E-state index contributed by atoms with van der Waals surface area (Å²) in [6.07, 6.45) is 5.76. The molecular weight excluding hydrogens is 499 g/mol. The number of halogens is 2. The van der Waals surface area contributed by atoms with Crippen LogP contribution in [0.4, 0.5) is 0 Å². The van der Waals surface area contributed by atoms with Crippen LogP contribution in [0.5, 0.6) is 11.6 Å². The summed E-state index contributed by atoms with van der Waals surface area (Å²) in [6.45, 7) is 3.92. The first-order valence-corrected chi connectivity index (χ1v) is 11.5. The van der Waals surface area contributed by atoms with Gasteiger partial charge in [0.25, 0.3) is 0 Å². The highest BCUT2D eigenvalue weighted by Gasteiger charge is 2.19. The van der Waals surface area contributed by atoms with Gasteiger partial charge in [-0.2, -0.15) is 0 Å². The summed E-state index contributed by atoms with van der Waals surface area (Å²) in [5.74, 6) is 0.914. The summed E-state index contributed by atoms with van der Waals surface area (Å²) < 4.78 is 12.5. The molecule has 9 heteroatoms. The fourth-order valence-corrected chi connectivity index (χ4v) is 4.66. The third kappa shape index (κ3) is 4.06. The quantitative estimate of drug-likeness (QED) is 0.241. The Hall–Kier alpha value is -3.94. The molecule has 5 rings (SSSR count). The van der Waals surface area contributed by atoms with Crippen molar-refractivity contribution in [3.05, 3.63) is 89.3 Å². The van der Waals surface area contributed by atoms with Gasteiger partial charge in [-0.1, -0.05) is 47.5 Å². The molecule has 4 aromatic heterocycles. The Kier molecular flexibility index (Phi) is 6.35. The molecular formula is C27H19Cl2N4O3. The Labute approximate surface area is 217 Å². The van der Waals surface area contributed by atoms with E-state index in [1.165, 1.54) is 7.11 Å². The Morgan fingerprint density at radius 3 is 2.47 bits per heavy atom. The first-order valence-electron chi connectivity index (χ1n) is 10.8. The van der Waals surface area contributed by atoms with E-state index in [9.17, 15) is 4.79 Å². The molecule has 1 radical (unpaired) electrons. The summed E-state index contributed by atoms with van der Waals surface area (Å²) in [5.41, 5.74) is 5.50. The monoisotopic (exact) mass is 517 g/mol. The number of rotatable bonds is 6. The number of hydrogen-bond acceptors (Lipinski definition) is 6. The second kappa shape index (κ2) is 9.60. The van der Waals surface area contributed by atoms with E-state index in [2.05, 4.69) is 21.9 Å². The number of imidazole rings is 1. The van der Waals surface area contributed by atoms with Gasteiger partial charge in [-0.15, -0.1) is 0 Å². The van der Waals surface area contributed by atoms with Gasteiger partial charge in [0.15, 0.2) is 17.7 Å². The Morgan fingerprint density at radius 2 is 1.72 bits per heavy atom. The van der Waals surface area contributed by atoms with Gasteiger partial charge in [-0.25, -0.2) is 9.97 Å². The molecule has 0 aliphatic heterocycles. The van der Waals surface area contributed by atoms with Crippen molar-refractivity contribution in [2.75, 3.05) is 14.2 Å². The minimum Gasteiger partial charge on any atom is -0.493 e. The standard InChI is InChI=1S/C27H19Cl2N4O3/c1-15-7-8-21(32-27(15)36-3)20-6-4-5-18(23(20)28)19-9-10-30-25(24(19)29)16-11-22(35-2)26-31-17(14-34)13-33(26)12-16/h4-14H,1H2,2-3H3. The van der Waals surface area contributed by atoms with Crippen LogP contribution in [0.2, 0.25) is 10.0 Å². The summed E-state index contributed by atoms with van der Waals surface area (Å²) in [7, 11) is 3.09. The van der Waals surface area contributed by atoms with Crippen molar-refractivity contribution in [2.24, 2.45) is 0 Å². The highest BCUT2D eigenvalue weighted by atomic mass is 35.5. The maximum atomic E-state index is 11.2. The first-order chi connectivity index (χ1) is 17.4. The van der Waals surface area contributed by atoms with Gasteiger partial charge in [-0.05, 0) is 25.1 Å². The molecule has 5 aromatic rings. The predicted octanol–water partition coefficient (Wildman–Crippen LogP) is 6.44. The van der Waals surface area contributed by atoms with Crippen LogP contribution in [0.3, 0.4) is 0 Å². The predicted molar refractivity (Wildman–Crippen MR) is 140 cm³/mol. The van der Waals surface area contributed by atoms with Gasteiger partial charge >= 0.3 is 0 Å². The zero-order valence-electron chi connectivity index (χ0n) is 19.3. The largest absolute Gasteiger partial charge is 0.493 e. The Bertz CT molecular complexity index is 1630. The number of carbonyl (C=O) groups excluding carboxylic acids is 1. The van der Waals surface area contributed by atoms with Crippen LogP contribution in [0, 0.1) is 6.92 Å². The number of fused-ring (bicyclic) bond motifs is 1. The van der Waals surface area contributed by atoms with Crippen molar-refractivity contribution in [3.63, 3.8) is 0 Å². The fourth-order valence-electron chi connectivity index (χ4n) is 4.01. The number of aromatic nitrogens is 4. The number of hydrogen-bond donors (Lipinski definition) is 0. The minimum absolute atomic E-state index is 0.291. The number of nitrogens with zero attached hydrogens (tertiary/aromatic N) is 4. The minimum atomic E-state index is 0.291. The topological polar surface area (TPSA) is 78.6 Å². The molecule has 0 atom stereocenters. The maximum absolute atomic E-state index is 11.2. The van der Waals surface area contributed by atoms with Crippen molar-refractivity contribution < 1.29 is 14.3 Å². The van der Waals surface area contributed by atoms with Gasteiger partial charge in [0.05, 0.1) is 35.7 Å². The summed E-state index contributed by atoms with van der Waals surface area (Å²) in [4.78, 5) is 24.6. The smallest absolute Gasteiger partial charge is 0.216 e. The van der Waals surface area contributed by atoms with Gasteiger partial charge in [0.1, 0.15) is 5.69 Å². The molecule has 1 aromatic carbocycles. The molecule has 179 valence electrons. The number of ether oxygens (including phenoxy) is 2. The van der Waals surface area contributed by atoms with Crippen LogP contribution in [-0.4, -0.2) is 39.9 Å². The molecule has 0 spiro atoms. The second-order valence-electron chi connectivity index (χ2n) is 7.86. The molecule has 0 amide bonds. The van der Waals surface area contributed by atoms with E-state index in [1.807, 2.05) is 30.3 Å². The summed E-state index contributed by atoms with van der Waals surface area (Å²) in [6, 6.07) is 12.9. The average molecular weight is 518 g/mol. The average Bonchev–Trinajstić information content (AvgIpc) is 3.32. The molecule has 0 saturated carbocycles. The molecule has 0 unspecified atom stereocenters. The zero-order chi connectivity index (χ0) is 25.4. The van der Waals surface area contributed by atoms with E-state index in [0.717, 1.165) is 11.1 Å². The number of carbonyl (C=O) groups is 1. The lowest BCUT2D eigenvalue weighted by molar-refractivity contribution is 0.111. The number of methoxy groups -OCH3 is 2. The van der Waals surface area contributed by atoms with Crippen LogP contribution in [0.25, 0.3) is 39.3 Å². The van der Waals surface area contributed by atoms with Crippen LogP contribution < -0.4 is 9.47 Å². The van der Waals surface area contributed by atoms with Gasteiger partial charge in [0, 0.05) is 46.4 Å². The third-order valence-corrected chi connectivity index (χ3v) is 6.53. The lowest BCUT2D eigenvalue weighted by Gasteiger charge is -2.14. The lowest BCUT2D eigenvalue weighted by atomic mass is 10.00. The fraction of sp³-hybridized carbons (Fsp3) is 0.0741. The summed E-state index contributed by atoms with van der Waals surface area (Å²) >= 11 is 13.8. The molecule has 4 heterocycles. The van der Waals surface area contributed by atoms with E-state index in [-0.39, 0.29) is 0 Å². The zero-order valence-corrected chi connectivity index (χ0v) is 20.8. The SMILES string of the molecule is [CH2]c1ccc(-c2cccc(-c3ccnc(-c4cc(OC)c5nc(C=O)cn5c4)c3Cl)c2Cl)nc1OC. The van der Waals surface area contributed by atoms with Crippen molar-refractivity contribution in [1.82, 2.24) is 19.4 Å². The molecule has 0 saturated heterocycles. The van der Waals surface area contributed by atoms with E-state index >= 15 is 0 Å². The van der Waals surface area contributed by atoms with E-state index in [1.54, 1.807) is 42.2 Å². The normalized spacial score (nSPS) is 11.0. The molecule has 0 N–H and O–H groups in total. The third-order valence-electron chi connectivity index (χ3n) is 5.74. The molecule has 0 aliphatic carbocycles. The van der Waals surface area contributed by atoms with Gasteiger partial charge < -0.3 is 13.9 Å². The number of aldehydes is 1. The van der Waals surface area contributed by atoms with Crippen LogP contribution in [-0.2, 0) is 0 Å². The Morgan fingerprint density at radius 1 is 0.944 bits per heavy atom. The first kappa shape index (κ1) is 23.8. The maximum Gasteiger partial charge on any atom is 0.216 e. The molecule has 0 fully saturated rings. The highest BCUT2D eigenvalue weighted by Crippen LogP contribution is 2.42. The highest BCUT2D eigenvalue weighted by molar-refractivity contribution is 6.39. The second-order valence-corrected chi connectivity index (χ2v) is 8.62. The number of pyridine rings is 3. The van der Waals surface area contributed by atoms with Crippen LogP contribution >= 0.6 is 23.2 Å². The van der Waals surface area contributed by atoms with E-state index < -0.39 is 0 Å². The number of benzene rings is 1. The Balaban J connectivity index is 1.64. The van der Waals surface area contributed by atoms with E-state index in [4.69, 9.17) is 32.7 Å².